The van der Waals surface area contributed by atoms with Gasteiger partial charge in [-0.25, -0.2) is 4.98 Å². The van der Waals surface area contributed by atoms with Gasteiger partial charge in [-0.05, 0) is 55.8 Å². The van der Waals surface area contributed by atoms with Gasteiger partial charge in [-0.3, -0.25) is 4.79 Å². The van der Waals surface area contributed by atoms with E-state index in [1.807, 2.05) is 13.8 Å². The number of ether oxygens (including phenoxy) is 3. The highest BCUT2D eigenvalue weighted by atomic mass is 16.5. The van der Waals surface area contributed by atoms with Crippen LogP contribution in [0.2, 0.25) is 0 Å². The second-order valence-electron chi connectivity index (χ2n) is 7.98. The van der Waals surface area contributed by atoms with Crippen LogP contribution in [0.25, 0.3) is 11.5 Å². The van der Waals surface area contributed by atoms with Gasteiger partial charge in [-0.2, -0.15) is 5.26 Å². The molecule has 3 heterocycles. The van der Waals surface area contributed by atoms with E-state index in [-0.39, 0.29) is 18.4 Å². The lowest BCUT2D eigenvalue weighted by molar-refractivity contribution is -0.118. The number of nitrogens with one attached hydrogen (secondary N) is 1. The number of anilines is 1. The first-order valence-corrected chi connectivity index (χ1v) is 10.1. The quantitative estimate of drug-likeness (QED) is 0.624. The third-order valence-corrected chi connectivity index (χ3v) is 5.17. The van der Waals surface area contributed by atoms with Crippen LogP contribution in [0, 0.1) is 11.3 Å². The molecule has 1 aliphatic rings. The molecule has 0 fully saturated rings. The van der Waals surface area contributed by atoms with Crippen molar-refractivity contribution >= 4 is 11.6 Å². The molecule has 3 aromatic rings. The van der Waals surface area contributed by atoms with Crippen molar-refractivity contribution in [2.45, 2.75) is 32.5 Å². The molecular weight excluding hydrogens is 410 g/mol. The first-order valence-electron chi connectivity index (χ1n) is 10.1. The monoisotopic (exact) mass is 433 g/mol. The van der Waals surface area contributed by atoms with Gasteiger partial charge in [-0.1, -0.05) is 0 Å². The predicted molar refractivity (Wildman–Crippen MR) is 116 cm³/mol. The molecule has 0 bridgehead atoms. The smallest absolute Gasteiger partial charge is 0.262 e. The number of pyridine rings is 1. The number of aromatic nitrogens is 1. The van der Waals surface area contributed by atoms with E-state index >= 15 is 0 Å². The van der Waals surface area contributed by atoms with Gasteiger partial charge in [-0.15, -0.1) is 0 Å². The SMILES string of the molecule is COc1ccc(NC(=O)COc2nc(-c3ccco3)c3c(c2C#N)CC(C)(C)OC3)cc1. The number of benzene rings is 1. The van der Waals surface area contributed by atoms with Crippen molar-refractivity contribution in [1.29, 1.82) is 5.26 Å². The average molecular weight is 433 g/mol. The summed E-state index contributed by atoms with van der Waals surface area (Å²) in [5.74, 6) is 0.956. The second-order valence-corrected chi connectivity index (χ2v) is 7.98. The third kappa shape index (κ3) is 4.43. The van der Waals surface area contributed by atoms with Crippen LogP contribution in [0.3, 0.4) is 0 Å². The zero-order valence-electron chi connectivity index (χ0n) is 18.1. The van der Waals surface area contributed by atoms with Gasteiger partial charge in [0.1, 0.15) is 23.1 Å². The van der Waals surface area contributed by atoms with Crippen molar-refractivity contribution in [3.8, 4) is 29.2 Å². The molecule has 0 unspecified atom stereocenters. The van der Waals surface area contributed by atoms with E-state index < -0.39 is 5.60 Å². The molecule has 1 N–H and O–H groups in total. The van der Waals surface area contributed by atoms with E-state index in [1.54, 1.807) is 49.8 Å². The molecule has 0 saturated heterocycles. The summed E-state index contributed by atoms with van der Waals surface area (Å²) in [6.45, 7) is 3.93. The number of carbonyl (C=O) groups excluding carboxylic acids is 1. The molecule has 0 spiro atoms. The number of carbonyl (C=O) groups is 1. The van der Waals surface area contributed by atoms with Crippen LogP contribution >= 0.6 is 0 Å². The maximum atomic E-state index is 12.4. The predicted octanol–water partition coefficient (Wildman–Crippen LogP) is 4.09. The number of amides is 1. The third-order valence-electron chi connectivity index (χ3n) is 5.17. The number of furan rings is 1. The Kier molecular flexibility index (Phi) is 5.84. The highest BCUT2D eigenvalue weighted by Gasteiger charge is 2.33. The number of nitrogens with zero attached hydrogens (tertiary/aromatic N) is 2. The second kappa shape index (κ2) is 8.73. The Morgan fingerprint density at radius 2 is 2.03 bits per heavy atom. The molecule has 164 valence electrons. The highest BCUT2D eigenvalue weighted by Crippen LogP contribution is 2.38. The highest BCUT2D eigenvalue weighted by molar-refractivity contribution is 5.92. The Labute approximate surface area is 185 Å². The van der Waals surface area contributed by atoms with Crippen molar-refractivity contribution in [2.24, 2.45) is 0 Å². The van der Waals surface area contributed by atoms with E-state index in [0.717, 1.165) is 11.1 Å². The van der Waals surface area contributed by atoms with Gasteiger partial charge in [0, 0.05) is 17.7 Å². The van der Waals surface area contributed by atoms with Crippen LogP contribution in [0.15, 0.2) is 47.1 Å². The maximum Gasteiger partial charge on any atom is 0.262 e. The summed E-state index contributed by atoms with van der Waals surface area (Å²) in [5.41, 5.74) is 2.62. The van der Waals surface area contributed by atoms with Crippen molar-refractivity contribution in [1.82, 2.24) is 4.98 Å². The Morgan fingerprint density at radius 3 is 2.69 bits per heavy atom. The fourth-order valence-corrected chi connectivity index (χ4v) is 3.58. The topological polar surface area (TPSA) is 107 Å². The lowest BCUT2D eigenvalue weighted by atomic mass is 9.88. The zero-order valence-corrected chi connectivity index (χ0v) is 18.1. The largest absolute Gasteiger partial charge is 0.497 e. The Hall–Kier alpha value is -3.83. The summed E-state index contributed by atoms with van der Waals surface area (Å²) in [5, 5.41) is 12.6. The fraction of sp³-hybridized carbons (Fsp3) is 0.292. The molecule has 0 atom stereocenters. The maximum absolute atomic E-state index is 12.4. The summed E-state index contributed by atoms with van der Waals surface area (Å²) < 4.78 is 22.3. The van der Waals surface area contributed by atoms with Crippen molar-refractivity contribution in [3.63, 3.8) is 0 Å². The molecule has 2 aromatic heterocycles. The van der Waals surface area contributed by atoms with E-state index in [9.17, 15) is 10.1 Å². The van der Waals surface area contributed by atoms with Gasteiger partial charge in [0.05, 0.1) is 25.6 Å². The van der Waals surface area contributed by atoms with Crippen molar-refractivity contribution < 1.29 is 23.4 Å². The fourth-order valence-electron chi connectivity index (χ4n) is 3.58. The van der Waals surface area contributed by atoms with Gasteiger partial charge in [0.15, 0.2) is 12.4 Å². The first kappa shape index (κ1) is 21.4. The van der Waals surface area contributed by atoms with E-state index in [4.69, 9.17) is 18.6 Å². The lowest BCUT2D eigenvalue weighted by Gasteiger charge is -2.33. The molecule has 1 amide bonds. The first-order chi connectivity index (χ1) is 15.4. The number of hydrogen-bond donors (Lipinski definition) is 1. The summed E-state index contributed by atoms with van der Waals surface area (Å²) in [4.78, 5) is 17.0. The van der Waals surface area contributed by atoms with Crippen LogP contribution < -0.4 is 14.8 Å². The number of rotatable bonds is 6. The average Bonchev–Trinajstić information content (AvgIpc) is 3.31. The van der Waals surface area contributed by atoms with Crippen LogP contribution in [0.4, 0.5) is 5.69 Å². The Balaban J connectivity index is 1.61. The molecule has 8 nitrogen and oxygen atoms in total. The summed E-state index contributed by atoms with van der Waals surface area (Å²) in [7, 11) is 1.57. The zero-order chi connectivity index (χ0) is 22.7. The summed E-state index contributed by atoms with van der Waals surface area (Å²) >= 11 is 0. The molecule has 4 rings (SSSR count). The Bertz CT molecular complexity index is 1160. The van der Waals surface area contributed by atoms with Crippen LogP contribution in [-0.4, -0.2) is 30.2 Å². The van der Waals surface area contributed by atoms with Crippen molar-refractivity contribution in [3.05, 3.63) is 59.4 Å². The molecule has 0 saturated carbocycles. The Morgan fingerprint density at radius 1 is 1.25 bits per heavy atom. The van der Waals surface area contributed by atoms with E-state index in [0.29, 0.717) is 41.5 Å². The lowest BCUT2D eigenvalue weighted by Crippen LogP contribution is -2.33. The molecular formula is C24H23N3O5. The molecule has 1 aromatic carbocycles. The molecule has 32 heavy (non-hydrogen) atoms. The van der Waals surface area contributed by atoms with Gasteiger partial charge < -0.3 is 23.9 Å². The van der Waals surface area contributed by atoms with Crippen LogP contribution in [-0.2, 0) is 22.6 Å². The summed E-state index contributed by atoms with van der Waals surface area (Å²) in [6.07, 6.45) is 2.06. The van der Waals surface area contributed by atoms with E-state index in [2.05, 4.69) is 16.4 Å². The minimum atomic E-state index is -0.441. The van der Waals surface area contributed by atoms with Gasteiger partial charge in [0.25, 0.3) is 5.91 Å². The number of nitriles is 1. The summed E-state index contributed by atoms with van der Waals surface area (Å²) in [6, 6.07) is 12.7. The standard InChI is InChI=1S/C24H23N3O5/c1-24(2)11-17-18(12-25)23(27-22(19(17)13-32-24)20-5-4-10-30-20)31-14-21(28)26-15-6-8-16(29-3)9-7-15/h4-10H,11,13-14H2,1-3H3,(H,26,28). The minimum Gasteiger partial charge on any atom is -0.497 e. The van der Waals surface area contributed by atoms with Crippen molar-refractivity contribution in [2.75, 3.05) is 19.0 Å². The number of fused-ring (bicyclic) bond motifs is 1. The molecule has 0 aliphatic carbocycles. The molecule has 8 heteroatoms. The van der Waals surface area contributed by atoms with Crippen LogP contribution in [0.5, 0.6) is 11.6 Å². The molecule has 1 aliphatic heterocycles. The van der Waals surface area contributed by atoms with E-state index in [1.165, 1.54) is 0 Å². The van der Waals surface area contributed by atoms with Crippen LogP contribution in [0.1, 0.15) is 30.5 Å². The minimum absolute atomic E-state index is 0.0974. The van der Waals surface area contributed by atoms with Gasteiger partial charge in [0.2, 0.25) is 5.88 Å². The number of methoxy groups -OCH3 is 1. The van der Waals surface area contributed by atoms with Gasteiger partial charge >= 0.3 is 0 Å². The normalized spacial score (nSPS) is 14.2. The molecule has 0 radical (unpaired) electrons. The number of hydrogen-bond acceptors (Lipinski definition) is 7.